The van der Waals surface area contributed by atoms with Crippen LogP contribution in [-0.2, 0) is 4.74 Å². The average Bonchev–Trinajstić information content (AvgIpc) is 2.63. The lowest BCUT2D eigenvalue weighted by atomic mass is 10.00. The fourth-order valence-electron chi connectivity index (χ4n) is 3.46. The van der Waals surface area contributed by atoms with Crippen LogP contribution in [0.5, 0.6) is 0 Å². The number of carbonyl (C=O) groups is 2. The number of ether oxygens (including phenoxy) is 1. The molecule has 1 atom stereocenters. The summed E-state index contributed by atoms with van der Waals surface area (Å²) in [4.78, 5) is 28.3. The van der Waals surface area contributed by atoms with Crippen LogP contribution in [0.3, 0.4) is 0 Å². The van der Waals surface area contributed by atoms with Gasteiger partial charge in [-0.05, 0) is 50.6 Å². The van der Waals surface area contributed by atoms with Crippen molar-refractivity contribution in [3.8, 4) is 0 Å². The first-order valence-electron chi connectivity index (χ1n) is 8.99. The molecule has 0 bridgehead atoms. The van der Waals surface area contributed by atoms with Crippen LogP contribution in [0.2, 0.25) is 0 Å². The largest absolute Gasteiger partial charge is 0.450 e. The quantitative estimate of drug-likeness (QED) is 0.882. The topological polar surface area (TPSA) is 73.9 Å². The van der Waals surface area contributed by atoms with Crippen molar-refractivity contribution < 1.29 is 14.3 Å². The predicted octanol–water partition coefficient (Wildman–Crippen LogP) is 2.96. The number of piperazine rings is 1. The fraction of sp³-hybridized carbons (Fsp3) is 0.556. The summed E-state index contributed by atoms with van der Waals surface area (Å²) in [6.07, 6.45) is 3.22. The molecule has 0 radical (unpaired) electrons. The van der Waals surface area contributed by atoms with Crippen molar-refractivity contribution >= 4 is 23.5 Å². The normalized spacial score (nSPS) is 20.5. The first-order chi connectivity index (χ1) is 12.2. The molecule has 3 rings (SSSR count). The molecular weight excluding hydrogens is 320 g/mol. The van der Waals surface area contributed by atoms with Gasteiger partial charge in [-0.3, -0.25) is 10.2 Å². The van der Waals surface area contributed by atoms with Crippen LogP contribution in [0, 0.1) is 0 Å². The van der Waals surface area contributed by atoms with Gasteiger partial charge in [0.15, 0.2) is 0 Å². The minimum Gasteiger partial charge on any atom is -0.450 e. The highest BCUT2D eigenvalue weighted by atomic mass is 16.5. The zero-order valence-electron chi connectivity index (χ0n) is 14.7. The number of amides is 3. The van der Waals surface area contributed by atoms with E-state index in [0.717, 1.165) is 26.2 Å². The Morgan fingerprint density at radius 1 is 1.08 bits per heavy atom. The third kappa shape index (κ3) is 4.63. The van der Waals surface area contributed by atoms with Gasteiger partial charge in [-0.2, -0.15) is 0 Å². The Bertz CT molecular complexity index is 605. The van der Waals surface area contributed by atoms with Gasteiger partial charge in [0.2, 0.25) is 0 Å². The van der Waals surface area contributed by atoms with Gasteiger partial charge in [0.25, 0.3) is 0 Å². The van der Waals surface area contributed by atoms with E-state index in [1.807, 2.05) is 4.90 Å². The molecule has 1 aromatic carbocycles. The number of hydrogen-bond acceptors (Lipinski definition) is 4. The molecule has 0 spiro atoms. The third-order valence-corrected chi connectivity index (χ3v) is 4.78. The Morgan fingerprint density at radius 3 is 2.52 bits per heavy atom. The summed E-state index contributed by atoms with van der Waals surface area (Å²) in [5.41, 5.74) is 1.35. The highest BCUT2D eigenvalue weighted by molar-refractivity contribution is 5.90. The van der Waals surface area contributed by atoms with Crippen LogP contribution in [-0.4, -0.2) is 60.8 Å². The fourth-order valence-corrected chi connectivity index (χ4v) is 3.46. The molecule has 1 aromatic rings. The number of urea groups is 1. The van der Waals surface area contributed by atoms with E-state index in [1.54, 1.807) is 31.2 Å². The molecule has 0 aliphatic carbocycles. The number of nitrogens with one attached hydrogen (secondary N) is 2. The zero-order chi connectivity index (χ0) is 17.6. The molecule has 3 amide bonds. The maximum atomic E-state index is 12.5. The molecule has 2 fully saturated rings. The minimum absolute atomic E-state index is 0.0590. The van der Waals surface area contributed by atoms with Crippen molar-refractivity contribution in [1.82, 2.24) is 9.80 Å². The molecule has 25 heavy (non-hydrogen) atoms. The van der Waals surface area contributed by atoms with Gasteiger partial charge in [-0.15, -0.1) is 0 Å². The molecule has 7 nitrogen and oxygen atoms in total. The van der Waals surface area contributed by atoms with E-state index in [2.05, 4.69) is 15.5 Å². The van der Waals surface area contributed by atoms with Crippen molar-refractivity contribution in [1.29, 1.82) is 0 Å². The Morgan fingerprint density at radius 2 is 1.80 bits per heavy atom. The standard InChI is InChI=1S/C18H26N4O3/c1-2-25-18(24)20-15-8-6-14(7-9-15)19-17(23)22-12-11-21-10-4-3-5-16(21)13-22/h6-9,16H,2-5,10-13H2,1H3,(H,19,23)(H,20,24). The van der Waals surface area contributed by atoms with Crippen LogP contribution in [0.15, 0.2) is 24.3 Å². The molecule has 0 saturated carbocycles. The minimum atomic E-state index is -0.482. The van der Waals surface area contributed by atoms with E-state index in [-0.39, 0.29) is 6.03 Å². The second-order valence-corrected chi connectivity index (χ2v) is 6.48. The smallest absolute Gasteiger partial charge is 0.411 e. The number of fused-ring (bicyclic) bond motifs is 1. The van der Waals surface area contributed by atoms with Crippen LogP contribution in [0.25, 0.3) is 0 Å². The maximum absolute atomic E-state index is 12.5. The average molecular weight is 346 g/mol. The van der Waals surface area contributed by atoms with E-state index < -0.39 is 6.09 Å². The summed E-state index contributed by atoms with van der Waals surface area (Å²) >= 11 is 0. The monoisotopic (exact) mass is 346 g/mol. The summed E-state index contributed by atoms with van der Waals surface area (Å²) in [6, 6.07) is 7.48. The highest BCUT2D eigenvalue weighted by Gasteiger charge is 2.30. The van der Waals surface area contributed by atoms with Gasteiger partial charge in [-0.1, -0.05) is 6.42 Å². The maximum Gasteiger partial charge on any atom is 0.411 e. The van der Waals surface area contributed by atoms with Gasteiger partial charge in [0.05, 0.1) is 6.61 Å². The van der Waals surface area contributed by atoms with Gasteiger partial charge >= 0.3 is 12.1 Å². The predicted molar refractivity (Wildman–Crippen MR) is 96.9 cm³/mol. The van der Waals surface area contributed by atoms with Crippen molar-refractivity contribution in [3.63, 3.8) is 0 Å². The zero-order valence-corrected chi connectivity index (χ0v) is 14.7. The van der Waals surface area contributed by atoms with Crippen LogP contribution in [0.1, 0.15) is 26.2 Å². The van der Waals surface area contributed by atoms with Gasteiger partial charge < -0.3 is 15.0 Å². The van der Waals surface area contributed by atoms with E-state index in [0.29, 0.717) is 24.0 Å². The molecule has 0 aromatic heterocycles. The number of piperidine rings is 1. The molecule has 1 unspecified atom stereocenters. The highest BCUT2D eigenvalue weighted by Crippen LogP contribution is 2.22. The van der Waals surface area contributed by atoms with E-state index in [4.69, 9.17) is 4.74 Å². The number of benzene rings is 1. The molecule has 2 heterocycles. The second kappa shape index (κ2) is 8.20. The molecule has 136 valence electrons. The number of hydrogen-bond donors (Lipinski definition) is 2. The number of anilines is 2. The second-order valence-electron chi connectivity index (χ2n) is 6.48. The first kappa shape index (κ1) is 17.5. The first-order valence-corrected chi connectivity index (χ1v) is 8.99. The molecular formula is C18H26N4O3. The van der Waals surface area contributed by atoms with Crippen molar-refractivity contribution in [2.45, 2.75) is 32.2 Å². The van der Waals surface area contributed by atoms with Crippen molar-refractivity contribution in [2.75, 3.05) is 43.4 Å². The number of nitrogens with zero attached hydrogens (tertiary/aromatic N) is 2. The van der Waals surface area contributed by atoms with Crippen LogP contribution in [0.4, 0.5) is 21.0 Å². The SMILES string of the molecule is CCOC(=O)Nc1ccc(NC(=O)N2CCN3CCCCC3C2)cc1. The van der Waals surface area contributed by atoms with Crippen LogP contribution >= 0.6 is 0 Å². The lowest BCUT2D eigenvalue weighted by Crippen LogP contribution is -2.56. The summed E-state index contributed by atoms with van der Waals surface area (Å²) in [5.74, 6) is 0. The third-order valence-electron chi connectivity index (χ3n) is 4.78. The van der Waals surface area contributed by atoms with Crippen molar-refractivity contribution in [2.24, 2.45) is 0 Å². The molecule has 2 aliphatic rings. The van der Waals surface area contributed by atoms with E-state index in [9.17, 15) is 9.59 Å². The van der Waals surface area contributed by atoms with Gasteiger partial charge in [0.1, 0.15) is 0 Å². The Hall–Kier alpha value is -2.28. The van der Waals surface area contributed by atoms with Gasteiger partial charge in [-0.25, -0.2) is 9.59 Å². The van der Waals surface area contributed by atoms with E-state index >= 15 is 0 Å². The Kier molecular flexibility index (Phi) is 5.75. The molecule has 2 N–H and O–H groups in total. The van der Waals surface area contributed by atoms with Crippen LogP contribution < -0.4 is 10.6 Å². The summed E-state index contributed by atoms with van der Waals surface area (Å²) in [5, 5.41) is 5.57. The lowest BCUT2D eigenvalue weighted by Gasteiger charge is -2.43. The molecule has 7 heteroatoms. The Labute approximate surface area is 148 Å². The number of rotatable bonds is 3. The molecule has 2 saturated heterocycles. The summed E-state index contributed by atoms with van der Waals surface area (Å²) in [7, 11) is 0. The van der Waals surface area contributed by atoms with Crippen molar-refractivity contribution in [3.05, 3.63) is 24.3 Å². The van der Waals surface area contributed by atoms with Gasteiger partial charge in [0, 0.05) is 37.1 Å². The summed E-state index contributed by atoms with van der Waals surface area (Å²) < 4.78 is 4.83. The Balaban J connectivity index is 1.51. The number of carbonyl (C=O) groups excluding carboxylic acids is 2. The van der Waals surface area contributed by atoms with E-state index in [1.165, 1.54) is 19.3 Å². The summed E-state index contributed by atoms with van der Waals surface area (Å²) in [6.45, 7) is 5.77. The lowest BCUT2D eigenvalue weighted by molar-refractivity contribution is 0.0678. The molecule has 2 aliphatic heterocycles.